The number of carbonyl (C=O) groups is 1. The summed E-state index contributed by atoms with van der Waals surface area (Å²) in [5.41, 5.74) is 2.66. The van der Waals surface area contributed by atoms with E-state index in [1.807, 2.05) is 0 Å². The van der Waals surface area contributed by atoms with E-state index in [1.54, 1.807) is 12.3 Å². The fraction of sp³-hybridized carbons (Fsp3) is 0.333. The number of alkyl halides is 3. The first-order chi connectivity index (χ1) is 10.4. The first kappa shape index (κ1) is 14.6. The molecule has 0 saturated carbocycles. The average Bonchev–Trinajstić information content (AvgIpc) is 2.83. The standard InChI is InChI=1S/C15H13F3N2O2/c1-22-14(21)12-6-9-2-3-10-7-19-5-4-11(10)13(9)20(12)8-15(16,17)18/h4-7H,2-3,8H2,1H3. The topological polar surface area (TPSA) is 44.1 Å². The largest absolute Gasteiger partial charge is 0.464 e. The molecule has 4 nitrogen and oxygen atoms in total. The second kappa shape index (κ2) is 5.15. The molecule has 2 heterocycles. The minimum atomic E-state index is -4.43. The van der Waals surface area contributed by atoms with Crippen LogP contribution >= 0.6 is 0 Å². The van der Waals surface area contributed by atoms with Crippen LogP contribution in [0.3, 0.4) is 0 Å². The Bertz CT molecular complexity index is 735. The van der Waals surface area contributed by atoms with Gasteiger partial charge < -0.3 is 9.30 Å². The number of pyridine rings is 1. The molecular formula is C15H13F3N2O2. The third kappa shape index (κ3) is 2.47. The highest BCUT2D eigenvalue weighted by atomic mass is 19.4. The molecular weight excluding hydrogens is 297 g/mol. The molecule has 0 unspecified atom stereocenters. The first-order valence-electron chi connectivity index (χ1n) is 6.71. The Kier molecular flexibility index (Phi) is 3.42. The lowest BCUT2D eigenvalue weighted by Gasteiger charge is -2.20. The van der Waals surface area contributed by atoms with Gasteiger partial charge in [0.2, 0.25) is 0 Å². The molecule has 0 bridgehead atoms. The lowest BCUT2D eigenvalue weighted by atomic mass is 9.92. The molecule has 22 heavy (non-hydrogen) atoms. The van der Waals surface area contributed by atoms with Crippen molar-refractivity contribution in [3.63, 3.8) is 0 Å². The predicted molar refractivity (Wildman–Crippen MR) is 72.5 cm³/mol. The minimum Gasteiger partial charge on any atom is -0.464 e. The second-order valence-corrected chi connectivity index (χ2v) is 5.13. The molecule has 1 aliphatic rings. The van der Waals surface area contributed by atoms with Crippen molar-refractivity contribution in [1.82, 2.24) is 9.55 Å². The van der Waals surface area contributed by atoms with Crippen LogP contribution in [0, 0.1) is 0 Å². The number of ether oxygens (including phenoxy) is 1. The van der Waals surface area contributed by atoms with Gasteiger partial charge in [-0.1, -0.05) is 0 Å². The van der Waals surface area contributed by atoms with Crippen LogP contribution in [0.2, 0.25) is 0 Å². The number of carbonyl (C=O) groups excluding carboxylic acids is 1. The van der Waals surface area contributed by atoms with Gasteiger partial charge in [-0.25, -0.2) is 4.79 Å². The van der Waals surface area contributed by atoms with Crippen molar-refractivity contribution >= 4 is 5.97 Å². The van der Waals surface area contributed by atoms with E-state index >= 15 is 0 Å². The summed E-state index contributed by atoms with van der Waals surface area (Å²) in [6, 6.07) is 3.18. The number of hydrogen-bond donors (Lipinski definition) is 0. The Morgan fingerprint density at radius 3 is 2.77 bits per heavy atom. The van der Waals surface area contributed by atoms with E-state index in [-0.39, 0.29) is 5.69 Å². The number of methoxy groups -OCH3 is 1. The number of esters is 1. The highest BCUT2D eigenvalue weighted by Crippen LogP contribution is 2.37. The summed E-state index contributed by atoms with van der Waals surface area (Å²) < 4.78 is 44.4. The van der Waals surface area contributed by atoms with Crippen LogP contribution in [-0.4, -0.2) is 28.8 Å². The molecule has 0 fully saturated rings. The van der Waals surface area contributed by atoms with E-state index in [0.29, 0.717) is 24.1 Å². The van der Waals surface area contributed by atoms with Crippen molar-refractivity contribution in [3.05, 3.63) is 41.3 Å². The van der Waals surface area contributed by atoms with Crippen molar-refractivity contribution in [2.45, 2.75) is 25.6 Å². The van der Waals surface area contributed by atoms with E-state index in [9.17, 15) is 18.0 Å². The minimum absolute atomic E-state index is 0.0745. The summed E-state index contributed by atoms with van der Waals surface area (Å²) in [7, 11) is 1.16. The van der Waals surface area contributed by atoms with Crippen molar-refractivity contribution in [1.29, 1.82) is 0 Å². The van der Waals surface area contributed by atoms with Crippen LogP contribution in [0.15, 0.2) is 24.5 Å². The molecule has 2 aromatic heterocycles. The van der Waals surface area contributed by atoms with Gasteiger partial charge in [0.15, 0.2) is 0 Å². The van der Waals surface area contributed by atoms with Gasteiger partial charge in [0.05, 0.1) is 12.8 Å². The fourth-order valence-electron chi connectivity index (χ4n) is 2.86. The van der Waals surface area contributed by atoms with Crippen LogP contribution in [0.5, 0.6) is 0 Å². The molecule has 0 amide bonds. The van der Waals surface area contributed by atoms with Gasteiger partial charge in [-0.2, -0.15) is 13.2 Å². The number of halogens is 3. The van der Waals surface area contributed by atoms with Crippen LogP contribution in [0.25, 0.3) is 11.3 Å². The number of nitrogens with zero attached hydrogens (tertiary/aromatic N) is 2. The van der Waals surface area contributed by atoms with E-state index in [4.69, 9.17) is 0 Å². The van der Waals surface area contributed by atoms with Crippen LogP contribution in [0.4, 0.5) is 13.2 Å². The SMILES string of the molecule is COC(=O)c1cc2c(n1CC(F)(F)F)-c1ccncc1CC2. The number of rotatable bonds is 2. The van der Waals surface area contributed by atoms with Crippen LogP contribution in [0.1, 0.15) is 21.6 Å². The van der Waals surface area contributed by atoms with Crippen molar-refractivity contribution in [2.24, 2.45) is 0 Å². The van der Waals surface area contributed by atoms with Gasteiger partial charge in [0.25, 0.3) is 0 Å². The average molecular weight is 310 g/mol. The third-order valence-corrected chi connectivity index (χ3v) is 3.73. The Hall–Kier alpha value is -2.31. The van der Waals surface area contributed by atoms with Gasteiger partial charge in [0, 0.05) is 18.0 Å². The number of aryl methyl sites for hydroxylation is 2. The Morgan fingerprint density at radius 2 is 2.09 bits per heavy atom. The summed E-state index contributed by atoms with van der Waals surface area (Å²) in [4.78, 5) is 15.8. The summed E-state index contributed by atoms with van der Waals surface area (Å²) in [6.07, 6.45) is 0.0214. The van der Waals surface area contributed by atoms with Crippen molar-refractivity contribution in [2.75, 3.05) is 7.11 Å². The molecule has 0 aromatic carbocycles. The molecule has 7 heteroatoms. The maximum absolute atomic E-state index is 12.9. The van der Waals surface area contributed by atoms with Gasteiger partial charge in [0.1, 0.15) is 12.2 Å². The van der Waals surface area contributed by atoms with E-state index in [1.165, 1.54) is 12.3 Å². The van der Waals surface area contributed by atoms with Crippen molar-refractivity contribution in [3.8, 4) is 11.3 Å². The van der Waals surface area contributed by atoms with Gasteiger partial charge >= 0.3 is 12.1 Å². The molecule has 116 valence electrons. The second-order valence-electron chi connectivity index (χ2n) is 5.13. The van der Waals surface area contributed by atoms with Gasteiger partial charge in [-0.3, -0.25) is 4.98 Å². The molecule has 0 spiro atoms. The van der Waals surface area contributed by atoms with E-state index in [2.05, 4.69) is 9.72 Å². The molecule has 3 rings (SSSR count). The van der Waals surface area contributed by atoms with Crippen LogP contribution in [-0.2, 0) is 24.1 Å². The molecule has 0 saturated heterocycles. The molecule has 0 atom stereocenters. The summed E-state index contributed by atoms with van der Waals surface area (Å²) in [5, 5.41) is 0. The zero-order valence-corrected chi connectivity index (χ0v) is 11.8. The third-order valence-electron chi connectivity index (χ3n) is 3.73. The van der Waals surface area contributed by atoms with Crippen LogP contribution < -0.4 is 0 Å². The molecule has 1 aliphatic carbocycles. The summed E-state index contributed by atoms with van der Waals surface area (Å²) in [6.45, 7) is -1.23. The zero-order valence-electron chi connectivity index (χ0n) is 11.8. The maximum Gasteiger partial charge on any atom is 0.406 e. The first-order valence-corrected chi connectivity index (χ1v) is 6.71. The van der Waals surface area contributed by atoms with Gasteiger partial charge in [-0.15, -0.1) is 0 Å². The van der Waals surface area contributed by atoms with E-state index < -0.39 is 18.7 Å². The molecule has 0 radical (unpaired) electrons. The van der Waals surface area contributed by atoms with Gasteiger partial charge in [-0.05, 0) is 36.1 Å². The Balaban J connectivity index is 2.22. The zero-order chi connectivity index (χ0) is 15.9. The normalized spacial score (nSPS) is 13.5. The lowest BCUT2D eigenvalue weighted by Crippen LogP contribution is -2.22. The summed E-state index contributed by atoms with van der Waals surface area (Å²) >= 11 is 0. The van der Waals surface area contributed by atoms with Crippen molar-refractivity contribution < 1.29 is 22.7 Å². The highest BCUT2D eigenvalue weighted by Gasteiger charge is 2.34. The maximum atomic E-state index is 12.9. The molecule has 2 aromatic rings. The quantitative estimate of drug-likeness (QED) is 0.801. The smallest absolute Gasteiger partial charge is 0.406 e. The number of fused-ring (bicyclic) bond motifs is 3. The number of aromatic nitrogens is 2. The predicted octanol–water partition coefficient (Wildman–Crippen LogP) is 3.00. The van der Waals surface area contributed by atoms with E-state index in [0.717, 1.165) is 22.8 Å². The lowest BCUT2D eigenvalue weighted by molar-refractivity contribution is -0.140. The monoisotopic (exact) mass is 310 g/mol. The molecule has 0 aliphatic heterocycles. The Morgan fingerprint density at radius 1 is 1.36 bits per heavy atom. The Labute approximate surface area is 124 Å². The summed E-state index contributed by atoms with van der Waals surface area (Å²) in [5.74, 6) is -0.769. The fourth-order valence-corrected chi connectivity index (χ4v) is 2.86. The number of hydrogen-bond acceptors (Lipinski definition) is 3. The molecule has 0 N–H and O–H groups in total. The highest BCUT2D eigenvalue weighted by molar-refractivity contribution is 5.90.